The lowest BCUT2D eigenvalue weighted by Gasteiger charge is -2.10. The molecular weight excluding hydrogens is 298 g/mol. The first-order chi connectivity index (χ1) is 10.8. The van der Waals surface area contributed by atoms with E-state index in [0.29, 0.717) is 18.1 Å². The van der Waals surface area contributed by atoms with E-state index in [9.17, 15) is 0 Å². The van der Waals surface area contributed by atoms with E-state index < -0.39 is 0 Å². The van der Waals surface area contributed by atoms with Crippen LogP contribution in [0.25, 0.3) is 0 Å². The summed E-state index contributed by atoms with van der Waals surface area (Å²) in [6, 6.07) is 13.7. The lowest BCUT2D eigenvalue weighted by molar-refractivity contribution is 0.174. The van der Waals surface area contributed by atoms with Crippen LogP contribution in [0.5, 0.6) is 17.2 Å². The molecule has 0 unspecified atom stereocenters. The van der Waals surface area contributed by atoms with Crippen LogP contribution in [0.4, 0.5) is 0 Å². The number of benzene rings is 2. The van der Waals surface area contributed by atoms with Gasteiger partial charge in [0, 0.05) is 12.1 Å². The molecule has 0 radical (unpaired) electrons. The highest BCUT2D eigenvalue weighted by Gasteiger charge is 2.13. The predicted octanol–water partition coefficient (Wildman–Crippen LogP) is 3.28. The van der Waals surface area contributed by atoms with E-state index in [4.69, 9.17) is 26.4 Å². The maximum atomic E-state index is 5.42. The molecule has 22 heavy (non-hydrogen) atoms. The Hall–Kier alpha value is -2.27. The Morgan fingerprint density at radius 3 is 2.68 bits per heavy atom. The number of hydrogen-bond donors (Lipinski definition) is 1. The summed E-state index contributed by atoms with van der Waals surface area (Å²) in [7, 11) is 0. The Labute approximate surface area is 135 Å². The molecule has 0 aromatic heterocycles. The molecule has 1 N–H and O–H groups in total. The van der Waals surface area contributed by atoms with Crippen molar-refractivity contribution in [3.63, 3.8) is 0 Å². The number of hydrogen-bond acceptors (Lipinski definition) is 4. The fourth-order valence-electron chi connectivity index (χ4n) is 2.20. The zero-order valence-electron chi connectivity index (χ0n) is 12.3. The lowest BCUT2D eigenvalue weighted by atomic mass is 10.2. The first kappa shape index (κ1) is 14.7. The van der Waals surface area contributed by atoms with Gasteiger partial charge in [-0.3, -0.25) is 0 Å². The smallest absolute Gasteiger partial charge is 0.231 e. The maximum Gasteiger partial charge on any atom is 0.231 e. The SMILES string of the molecule is CCOc1ccc(C(=S)NCc2ccc3c(c2)OCO3)cc1. The van der Waals surface area contributed by atoms with Crippen LogP contribution in [0, 0.1) is 0 Å². The molecule has 0 saturated carbocycles. The van der Waals surface area contributed by atoms with Crippen LogP contribution in [-0.4, -0.2) is 18.4 Å². The van der Waals surface area contributed by atoms with Gasteiger partial charge in [0.05, 0.1) is 6.61 Å². The average Bonchev–Trinajstić information content (AvgIpc) is 3.01. The van der Waals surface area contributed by atoms with Crippen molar-refractivity contribution in [3.05, 3.63) is 53.6 Å². The first-order valence-corrected chi connectivity index (χ1v) is 7.56. The molecule has 0 fully saturated rings. The summed E-state index contributed by atoms with van der Waals surface area (Å²) in [5, 5.41) is 3.25. The van der Waals surface area contributed by atoms with Crippen molar-refractivity contribution in [2.24, 2.45) is 0 Å². The highest BCUT2D eigenvalue weighted by molar-refractivity contribution is 7.80. The van der Waals surface area contributed by atoms with Gasteiger partial charge in [0.2, 0.25) is 6.79 Å². The summed E-state index contributed by atoms with van der Waals surface area (Å²) in [5.41, 5.74) is 2.07. The second-order valence-electron chi connectivity index (χ2n) is 4.83. The Bertz CT molecular complexity index is 670. The van der Waals surface area contributed by atoms with Gasteiger partial charge in [-0.05, 0) is 48.9 Å². The highest BCUT2D eigenvalue weighted by atomic mass is 32.1. The van der Waals surface area contributed by atoms with E-state index in [0.717, 1.165) is 28.4 Å². The summed E-state index contributed by atoms with van der Waals surface area (Å²) in [6.45, 7) is 3.55. The average molecular weight is 315 g/mol. The molecule has 2 aromatic rings. The summed E-state index contributed by atoms with van der Waals surface area (Å²) in [4.78, 5) is 0.709. The van der Waals surface area contributed by atoms with Gasteiger partial charge in [-0.25, -0.2) is 0 Å². The Morgan fingerprint density at radius 2 is 1.91 bits per heavy atom. The zero-order valence-corrected chi connectivity index (χ0v) is 13.1. The monoisotopic (exact) mass is 315 g/mol. The molecule has 1 aliphatic rings. The molecule has 5 heteroatoms. The maximum absolute atomic E-state index is 5.42. The van der Waals surface area contributed by atoms with Gasteiger partial charge < -0.3 is 19.5 Å². The molecular formula is C17H17NO3S. The summed E-state index contributed by atoms with van der Waals surface area (Å²) < 4.78 is 16.1. The Kier molecular flexibility index (Phi) is 4.44. The Morgan fingerprint density at radius 1 is 1.14 bits per heavy atom. The van der Waals surface area contributed by atoms with Gasteiger partial charge in [-0.1, -0.05) is 18.3 Å². The molecule has 0 atom stereocenters. The van der Waals surface area contributed by atoms with Crippen LogP contribution in [-0.2, 0) is 6.54 Å². The number of fused-ring (bicyclic) bond motifs is 1. The van der Waals surface area contributed by atoms with Gasteiger partial charge in [0.1, 0.15) is 10.7 Å². The predicted molar refractivity (Wildman–Crippen MR) is 88.7 cm³/mol. The number of rotatable bonds is 5. The summed E-state index contributed by atoms with van der Waals surface area (Å²) in [6.07, 6.45) is 0. The van der Waals surface area contributed by atoms with Gasteiger partial charge in [-0.15, -0.1) is 0 Å². The van der Waals surface area contributed by atoms with Gasteiger partial charge in [0.15, 0.2) is 11.5 Å². The topological polar surface area (TPSA) is 39.7 Å². The van der Waals surface area contributed by atoms with Crippen molar-refractivity contribution >= 4 is 17.2 Å². The van der Waals surface area contributed by atoms with Crippen molar-refractivity contribution in [2.75, 3.05) is 13.4 Å². The second-order valence-corrected chi connectivity index (χ2v) is 5.24. The fraction of sp³-hybridized carbons (Fsp3) is 0.235. The van der Waals surface area contributed by atoms with Crippen LogP contribution >= 0.6 is 12.2 Å². The van der Waals surface area contributed by atoms with Crippen molar-refractivity contribution < 1.29 is 14.2 Å². The molecule has 2 aromatic carbocycles. The molecule has 114 valence electrons. The van der Waals surface area contributed by atoms with E-state index in [1.165, 1.54) is 0 Å². The van der Waals surface area contributed by atoms with Gasteiger partial charge >= 0.3 is 0 Å². The van der Waals surface area contributed by atoms with E-state index in [2.05, 4.69) is 5.32 Å². The molecule has 3 rings (SSSR count). The van der Waals surface area contributed by atoms with Gasteiger partial charge in [-0.2, -0.15) is 0 Å². The molecule has 0 aliphatic carbocycles. The molecule has 4 nitrogen and oxygen atoms in total. The molecule has 0 bridgehead atoms. The molecule has 1 heterocycles. The van der Waals surface area contributed by atoms with Crippen molar-refractivity contribution in [1.29, 1.82) is 0 Å². The lowest BCUT2D eigenvalue weighted by Crippen LogP contribution is -2.21. The number of ether oxygens (including phenoxy) is 3. The van der Waals surface area contributed by atoms with Crippen LogP contribution in [0.15, 0.2) is 42.5 Å². The summed E-state index contributed by atoms with van der Waals surface area (Å²) in [5.74, 6) is 2.42. The van der Waals surface area contributed by atoms with Crippen molar-refractivity contribution in [1.82, 2.24) is 5.32 Å². The van der Waals surface area contributed by atoms with Crippen LogP contribution in [0.2, 0.25) is 0 Å². The quantitative estimate of drug-likeness (QED) is 0.858. The number of nitrogens with one attached hydrogen (secondary N) is 1. The summed E-state index contributed by atoms with van der Waals surface area (Å²) >= 11 is 5.42. The minimum absolute atomic E-state index is 0.288. The zero-order chi connectivity index (χ0) is 15.4. The van der Waals surface area contributed by atoms with E-state index >= 15 is 0 Å². The van der Waals surface area contributed by atoms with Gasteiger partial charge in [0.25, 0.3) is 0 Å². The Balaban J connectivity index is 1.60. The highest BCUT2D eigenvalue weighted by Crippen LogP contribution is 2.32. The largest absolute Gasteiger partial charge is 0.494 e. The minimum Gasteiger partial charge on any atom is -0.494 e. The molecule has 1 aliphatic heterocycles. The fourth-order valence-corrected chi connectivity index (χ4v) is 2.41. The van der Waals surface area contributed by atoms with E-state index in [-0.39, 0.29) is 6.79 Å². The third kappa shape index (κ3) is 3.31. The molecule has 0 amide bonds. The standard InChI is InChI=1S/C17H17NO3S/c1-2-19-14-6-4-13(5-7-14)17(22)18-10-12-3-8-15-16(9-12)21-11-20-15/h3-9H,2,10-11H2,1H3,(H,18,22). The second kappa shape index (κ2) is 6.66. The normalized spacial score (nSPS) is 12.0. The minimum atomic E-state index is 0.288. The molecule has 0 spiro atoms. The van der Waals surface area contributed by atoms with Crippen LogP contribution in [0.1, 0.15) is 18.1 Å². The third-order valence-corrected chi connectivity index (χ3v) is 3.70. The van der Waals surface area contributed by atoms with E-state index in [1.807, 2.05) is 49.4 Å². The van der Waals surface area contributed by atoms with E-state index in [1.54, 1.807) is 0 Å². The number of thiocarbonyl (C=S) groups is 1. The molecule has 0 saturated heterocycles. The first-order valence-electron chi connectivity index (χ1n) is 7.16. The van der Waals surface area contributed by atoms with Crippen molar-refractivity contribution in [3.8, 4) is 17.2 Å². The van der Waals surface area contributed by atoms with Crippen LogP contribution < -0.4 is 19.5 Å². The van der Waals surface area contributed by atoms with Crippen LogP contribution in [0.3, 0.4) is 0 Å². The third-order valence-electron chi connectivity index (χ3n) is 3.32. The van der Waals surface area contributed by atoms with Crippen molar-refractivity contribution in [2.45, 2.75) is 13.5 Å².